The minimum absolute atomic E-state index is 0.0148. The molecule has 0 saturated heterocycles. The first-order chi connectivity index (χ1) is 9.68. The van der Waals surface area contributed by atoms with E-state index in [0.29, 0.717) is 0 Å². The van der Waals surface area contributed by atoms with Gasteiger partial charge in [-0.15, -0.1) is 0 Å². The van der Waals surface area contributed by atoms with Crippen molar-refractivity contribution in [1.82, 2.24) is 15.3 Å². The fraction of sp³-hybridized carbons (Fsp3) is 0.545. The van der Waals surface area contributed by atoms with Gasteiger partial charge in [0.15, 0.2) is 5.69 Å². The number of halogens is 3. The van der Waals surface area contributed by atoms with E-state index in [0.717, 1.165) is 6.07 Å². The normalized spacial score (nSPS) is 12.7. The summed E-state index contributed by atoms with van der Waals surface area (Å²) in [5.41, 5.74) is 0.883. The molecule has 0 saturated carbocycles. The molecule has 1 atom stereocenters. The Morgan fingerprint density at radius 1 is 1.48 bits per heavy atom. The highest BCUT2D eigenvalue weighted by Gasteiger charge is 2.34. The van der Waals surface area contributed by atoms with Crippen LogP contribution in [0.15, 0.2) is 6.07 Å². The second-order valence-corrected chi connectivity index (χ2v) is 4.47. The van der Waals surface area contributed by atoms with Crippen molar-refractivity contribution in [2.45, 2.75) is 13.1 Å². The number of carbonyl (C=O) groups is 1. The van der Waals surface area contributed by atoms with Crippen molar-refractivity contribution in [3.05, 3.63) is 11.8 Å². The molecular weight excluding hydrogens is 289 g/mol. The third-order valence-corrected chi connectivity index (χ3v) is 2.76. The van der Waals surface area contributed by atoms with E-state index in [1.807, 2.05) is 5.43 Å². The molecule has 0 aliphatic carbocycles. The number of anilines is 2. The minimum Gasteiger partial charge on any atom is -0.359 e. The van der Waals surface area contributed by atoms with Crippen LogP contribution in [-0.4, -0.2) is 36.5 Å². The first-order valence-electron chi connectivity index (χ1n) is 6.04. The maximum absolute atomic E-state index is 12.8. The molecule has 0 fully saturated rings. The quantitative estimate of drug-likeness (QED) is 0.544. The van der Waals surface area contributed by atoms with Crippen LogP contribution >= 0.6 is 0 Å². The first-order valence-corrected chi connectivity index (χ1v) is 6.04. The third kappa shape index (κ3) is 4.45. The summed E-state index contributed by atoms with van der Waals surface area (Å²) in [7, 11) is 3.02. The Bertz CT molecular complexity index is 507. The van der Waals surface area contributed by atoms with E-state index in [9.17, 15) is 18.0 Å². The standard InChI is InChI=1S/C11H17F3N6O/c1-6(9(21)16-2)5-20(3)8-4-7(11(12,13)14)17-10(18-8)19-15/h4,6H,5,15H2,1-3H3,(H,16,21)(H,17,18,19). The average molecular weight is 306 g/mol. The van der Waals surface area contributed by atoms with Gasteiger partial charge in [0.25, 0.3) is 0 Å². The van der Waals surface area contributed by atoms with Gasteiger partial charge in [-0.2, -0.15) is 18.2 Å². The number of nitrogens with one attached hydrogen (secondary N) is 2. The van der Waals surface area contributed by atoms with Crippen molar-refractivity contribution < 1.29 is 18.0 Å². The number of amides is 1. The van der Waals surface area contributed by atoms with E-state index in [4.69, 9.17) is 5.84 Å². The number of nitrogen functional groups attached to an aromatic ring is 1. The van der Waals surface area contributed by atoms with Gasteiger partial charge in [0.05, 0.1) is 5.92 Å². The van der Waals surface area contributed by atoms with Crippen LogP contribution in [0, 0.1) is 5.92 Å². The number of alkyl halides is 3. The van der Waals surface area contributed by atoms with Gasteiger partial charge in [-0.25, -0.2) is 10.8 Å². The number of nitrogens with zero attached hydrogens (tertiary/aromatic N) is 3. The van der Waals surface area contributed by atoms with Crippen molar-refractivity contribution in [1.29, 1.82) is 0 Å². The summed E-state index contributed by atoms with van der Waals surface area (Å²) in [4.78, 5) is 20.0. The molecule has 7 nitrogen and oxygen atoms in total. The SMILES string of the molecule is CNC(=O)C(C)CN(C)c1cc(C(F)(F)F)nc(NN)n1. The van der Waals surface area contributed by atoms with Gasteiger partial charge in [0.2, 0.25) is 11.9 Å². The average Bonchev–Trinajstić information content (AvgIpc) is 2.44. The molecule has 1 aromatic rings. The molecule has 0 radical (unpaired) electrons. The first kappa shape index (κ1) is 17.0. The van der Waals surface area contributed by atoms with E-state index >= 15 is 0 Å². The maximum Gasteiger partial charge on any atom is 0.433 e. The monoisotopic (exact) mass is 306 g/mol. The molecule has 0 spiro atoms. The number of hydrogen-bond acceptors (Lipinski definition) is 6. The summed E-state index contributed by atoms with van der Waals surface area (Å²) in [6.07, 6.45) is -4.61. The smallest absolute Gasteiger partial charge is 0.359 e. The number of aromatic nitrogens is 2. The van der Waals surface area contributed by atoms with E-state index in [1.54, 1.807) is 6.92 Å². The lowest BCUT2D eigenvalue weighted by Gasteiger charge is -2.22. The van der Waals surface area contributed by atoms with Gasteiger partial charge in [-0.05, 0) is 0 Å². The van der Waals surface area contributed by atoms with Crippen molar-refractivity contribution >= 4 is 17.7 Å². The number of rotatable bonds is 5. The molecule has 0 aliphatic heterocycles. The Kier molecular flexibility index (Phi) is 5.30. The van der Waals surface area contributed by atoms with Gasteiger partial charge in [0, 0.05) is 26.7 Å². The zero-order valence-corrected chi connectivity index (χ0v) is 11.8. The van der Waals surface area contributed by atoms with Gasteiger partial charge >= 0.3 is 6.18 Å². The van der Waals surface area contributed by atoms with Gasteiger partial charge in [-0.1, -0.05) is 6.92 Å². The summed E-state index contributed by atoms with van der Waals surface area (Å²) in [6.45, 7) is 1.85. The minimum atomic E-state index is -4.61. The fourth-order valence-electron chi connectivity index (χ4n) is 1.67. The summed E-state index contributed by atoms with van der Waals surface area (Å²) in [6, 6.07) is 0.803. The van der Waals surface area contributed by atoms with Crippen LogP contribution in [0.5, 0.6) is 0 Å². The van der Waals surface area contributed by atoms with E-state index in [1.165, 1.54) is 19.0 Å². The molecular formula is C11H17F3N6O. The maximum atomic E-state index is 12.8. The van der Waals surface area contributed by atoms with Crippen molar-refractivity contribution in [2.75, 3.05) is 31.0 Å². The lowest BCUT2D eigenvalue weighted by molar-refractivity contribution is -0.141. The summed E-state index contributed by atoms with van der Waals surface area (Å²) in [5, 5.41) is 2.47. The van der Waals surface area contributed by atoms with E-state index < -0.39 is 17.8 Å². The highest BCUT2D eigenvalue weighted by molar-refractivity contribution is 5.78. The Morgan fingerprint density at radius 3 is 2.57 bits per heavy atom. The largest absolute Gasteiger partial charge is 0.433 e. The molecule has 118 valence electrons. The van der Waals surface area contributed by atoms with Crippen LogP contribution < -0.4 is 21.5 Å². The van der Waals surface area contributed by atoms with Crippen LogP contribution in [0.3, 0.4) is 0 Å². The summed E-state index contributed by atoms with van der Waals surface area (Å²) in [5.74, 6) is 4.11. The van der Waals surface area contributed by atoms with Gasteiger partial charge in [-0.3, -0.25) is 10.2 Å². The molecule has 0 bridgehead atoms. The number of hydrogen-bond donors (Lipinski definition) is 3. The molecule has 0 aliphatic rings. The number of nitrogens with two attached hydrogens (primary N) is 1. The highest BCUT2D eigenvalue weighted by atomic mass is 19.4. The van der Waals surface area contributed by atoms with E-state index in [2.05, 4.69) is 15.3 Å². The van der Waals surface area contributed by atoms with Crippen molar-refractivity contribution in [3.63, 3.8) is 0 Å². The zero-order chi connectivity index (χ0) is 16.2. The van der Waals surface area contributed by atoms with Crippen LogP contribution in [0.25, 0.3) is 0 Å². The topological polar surface area (TPSA) is 96.2 Å². The Balaban J connectivity index is 3.03. The van der Waals surface area contributed by atoms with Crippen molar-refractivity contribution in [2.24, 2.45) is 11.8 Å². The van der Waals surface area contributed by atoms with Crippen LogP contribution in [0.1, 0.15) is 12.6 Å². The second-order valence-electron chi connectivity index (χ2n) is 4.47. The van der Waals surface area contributed by atoms with Crippen LogP contribution in [0.2, 0.25) is 0 Å². The highest BCUT2D eigenvalue weighted by Crippen LogP contribution is 2.30. The van der Waals surface area contributed by atoms with Crippen LogP contribution in [-0.2, 0) is 11.0 Å². The fourth-order valence-corrected chi connectivity index (χ4v) is 1.67. The van der Waals surface area contributed by atoms with E-state index in [-0.39, 0.29) is 24.2 Å². The Morgan fingerprint density at radius 2 is 2.10 bits per heavy atom. The second kappa shape index (κ2) is 6.57. The lowest BCUT2D eigenvalue weighted by Crippen LogP contribution is -2.35. The zero-order valence-electron chi connectivity index (χ0n) is 11.8. The predicted molar refractivity (Wildman–Crippen MR) is 71.3 cm³/mol. The molecule has 1 heterocycles. The molecule has 1 amide bonds. The number of hydrazine groups is 1. The van der Waals surface area contributed by atoms with Crippen molar-refractivity contribution in [3.8, 4) is 0 Å². The molecule has 21 heavy (non-hydrogen) atoms. The van der Waals surface area contributed by atoms with Crippen LogP contribution in [0.4, 0.5) is 24.9 Å². The predicted octanol–water partition coefficient (Wildman–Crippen LogP) is 0.599. The molecule has 4 N–H and O–H groups in total. The van der Waals surface area contributed by atoms with Gasteiger partial charge in [0.1, 0.15) is 5.82 Å². The Hall–Kier alpha value is -2.10. The number of carbonyl (C=O) groups excluding carboxylic acids is 1. The van der Waals surface area contributed by atoms with Gasteiger partial charge < -0.3 is 10.2 Å². The summed E-state index contributed by atoms with van der Waals surface area (Å²) < 4.78 is 38.3. The third-order valence-electron chi connectivity index (χ3n) is 2.76. The molecule has 1 unspecified atom stereocenters. The lowest BCUT2D eigenvalue weighted by atomic mass is 10.1. The molecule has 1 aromatic heterocycles. The summed E-state index contributed by atoms with van der Waals surface area (Å²) >= 11 is 0. The Labute approximate surface area is 119 Å². The molecule has 10 heteroatoms. The molecule has 0 aromatic carbocycles. The molecule has 1 rings (SSSR count).